The molecule has 2 aliphatic rings. The Hall–Kier alpha value is -2.09. The summed E-state index contributed by atoms with van der Waals surface area (Å²) in [7, 11) is 0. The molecule has 2 N–H and O–H groups in total. The molecule has 1 aliphatic heterocycles. The summed E-state index contributed by atoms with van der Waals surface area (Å²) in [5.41, 5.74) is 3.46. The number of amides is 2. The molecule has 1 aromatic heterocycles. The van der Waals surface area contributed by atoms with Gasteiger partial charge in [0.15, 0.2) is 6.61 Å². The quantitative estimate of drug-likeness (QED) is 0.638. The fraction of sp³-hybridized carbons (Fsp3) is 0.478. The van der Waals surface area contributed by atoms with Crippen LogP contribution >= 0.6 is 22.9 Å². The van der Waals surface area contributed by atoms with Crippen LogP contribution in [-0.2, 0) is 22.4 Å². The first-order valence-corrected chi connectivity index (χ1v) is 11.9. The summed E-state index contributed by atoms with van der Waals surface area (Å²) in [6.45, 7) is 4.91. The van der Waals surface area contributed by atoms with Crippen molar-refractivity contribution in [1.82, 2.24) is 5.32 Å². The van der Waals surface area contributed by atoms with E-state index in [1.807, 2.05) is 26.0 Å². The molecule has 166 valence electrons. The number of aryl methyl sites for hydroxylation is 3. The maximum absolute atomic E-state index is 13.0. The Labute approximate surface area is 191 Å². The van der Waals surface area contributed by atoms with Gasteiger partial charge in [-0.3, -0.25) is 9.59 Å². The van der Waals surface area contributed by atoms with Crippen LogP contribution in [0.1, 0.15) is 51.2 Å². The molecule has 6 nitrogen and oxygen atoms in total. The molecule has 1 aromatic carbocycles. The van der Waals surface area contributed by atoms with Gasteiger partial charge in [-0.05, 0) is 74.8 Å². The summed E-state index contributed by atoms with van der Waals surface area (Å²) < 4.78 is 11.3. The average Bonchev–Trinajstić information content (AvgIpc) is 3.46. The van der Waals surface area contributed by atoms with Gasteiger partial charge >= 0.3 is 0 Å². The Balaban J connectivity index is 1.41. The van der Waals surface area contributed by atoms with E-state index in [4.69, 9.17) is 21.1 Å². The molecule has 0 spiro atoms. The number of nitrogens with one attached hydrogen (secondary N) is 2. The lowest BCUT2D eigenvalue weighted by molar-refractivity contribution is -0.118. The lowest BCUT2D eigenvalue weighted by Crippen LogP contribution is -2.32. The maximum Gasteiger partial charge on any atom is 0.262 e. The average molecular weight is 463 g/mol. The zero-order chi connectivity index (χ0) is 22.0. The van der Waals surface area contributed by atoms with Gasteiger partial charge in [0.2, 0.25) is 0 Å². The number of carbonyl (C=O) groups excluding carboxylic acids is 2. The number of carbonyl (C=O) groups is 2. The molecule has 0 bridgehead atoms. The van der Waals surface area contributed by atoms with E-state index in [1.54, 1.807) is 0 Å². The highest BCUT2D eigenvalue weighted by atomic mass is 35.5. The summed E-state index contributed by atoms with van der Waals surface area (Å²) in [5, 5.41) is 7.19. The van der Waals surface area contributed by atoms with Crippen LogP contribution in [0.3, 0.4) is 0 Å². The molecular weight excluding hydrogens is 436 g/mol. The van der Waals surface area contributed by atoms with E-state index in [0.717, 1.165) is 55.4 Å². The van der Waals surface area contributed by atoms with Gasteiger partial charge in [0.25, 0.3) is 11.8 Å². The van der Waals surface area contributed by atoms with E-state index >= 15 is 0 Å². The third-order valence-electron chi connectivity index (χ3n) is 5.70. The molecule has 2 aromatic rings. The number of thiophene rings is 1. The van der Waals surface area contributed by atoms with E-state index < -0.39 is 0 Å². The second-order valence-electron chi connectivity index (χ2n) is 8.11. The van der Waals surface area contributed by atoms with Gasteiger partial charge in [0.05, 0.1) is 11.7 Å². The van der Waals surface area contributed by atoms with Crippen molar-refractivity contribution in [3.8, 4) is 5.75 Å². The van der Waals surface area contributed by atoms with Gasteiger partial charge in [0.1, 0.15) is 10.8 Å². The Morgan fingerprint density at radius 1 is 1.23 bits per heavy atom. The lowest BCUT2D eigenvalue weighted by atomic mass is 10.1. The van der Waals surface area contributed by atoms with Crippen LogP contribution in [0.25, 0.3) is 0 Å². The summed E-state index contributed by atoms with van der Waals surface area (Å²) in [6, 6.07) is 3.62. The van der Waals surface area contributed by atoms with Gasteiger partial charge in [-0.15, -0.1) is 11.3 Å². The Bertz CT molecular complexity index is 975. The van der Waals surface area contributed by atoms with E-state index in [1.165, 1.54) is 16.2 Å². The van der Waals surface area contributed by atoms with Gasteiger partial charge < -0.3 is 20.1 Å². The maximum atomic E-state index is 13.0. The van der Waals surface area contributed by atoms with Crippen molar-refractivity contribution in [3.63, 3.8) is 0 Å². The molecule has 0 saturated carbocycles. The molecule has 2 heterocycles. The largest absolute Gasteiger partial charge is 0.484 e. The summed E-state index contributed by atoms with van der Waals surface area (Å²) in [5.74, 6) is 0.158. The minimum atomic E-state index is -0.293. The first-order chi connectivity index (χ1) is 14.9. The second-order valence-corrected chi connectivity index (χ2v) is 9.60. The van der Waals surface area contributed by atoms with E-state index in [2.05, 4.69) is 10.6 Å². The van der Waals surface area contributed by atoms with E-state index in [0.29, 0.717) is 27.9 Å². The molecule has 1 aliphatic carbocycles. The normalized spacial score (nSPS) is 17.5. The van der Waals surface area contributed by atoms with Crippen molar-refractivity contribution in [2.24, 2.45) is 0 Å². The van der Waals surface area contributed by atoms with Crippen molar-refractivity contribution in [3.05, 3.63) is 44.3 Å². The molecule has 8 heteroatoms. The molecule has 2 amide bonds. The zero-order valence-corrected chi connectivity index (χ0v) is 19.4. The van der Waals surface area contributed by atoms with Crippen LogP contribution in [-0.4, -0.2) is 37.7 Å². The minimum absolute atomic E-state index is 0.0772. The first-order valence-electron chi connectivity index (χ1n) is 10.7. The van der Waals surface area contributed by atoms with E-state index in [9.17, 15) is 9.59 Å². The standard InChI is InChI=1S/C23H27ClN2O4S/c1-13-9-16(10-14(2)21(13)24)30-12-19(27)26-23-20(17-6-3-7-18(17)31-23)22(28)25-11-15-5-4-8-29-15/h9-10,15H,3-8,11-12H2,1-2H3,(H,25,28)(H,26,27). The summed E-state index contributed by atoms with van der Waals surface area (Å²) in [6.07, 6.45) is 4.93. The fourth-order valence-electron chi connectivity index (χ4n) is 4.13. The van der Waals surface area contributed by atoms with Crippen LogP contribution in [0, 0.1) is 13.8 Å². The summed E-state index contributed by atoms with van der Waals surface area (Å²) >= 11 is 7.69. The zero-order valence-electron chi connectivity index (χ0n) is 17.8. The van der Waals surface area contributed by atoms with Crippen LogP contribution in [0.4, 0.5) is 5.00 Å². The number of halogens is 1. The van der Waals surface area contributed by atoms with Crippen molar-refractivity contribution in [2.45, 2.75) is 52.1 Å². The second kappa shape index (κ2) is 9.59. The first kappa shape index (κ1) is 22.1. The topological polar surface area (TPSA) is 76.7 Å². The van der Waals surface area contributed by atoms with Gasteiger partial charge in [0, 0.05) is 23.1 Å². The highest BCUT2D eigenvalue weighted by Crippen LogP contribution is 2.39. The third kappa shape index (κ3) is 5.05. The predicted octanol–water partition coefficient (Wildman–Crippen LogP) is 4.43. The Kier molecular flexibility index (Phi) is 6.84. The molecular formula is C23H27ClN2O4S. The fourth-order valence-corrected chi connectivity index (χ4v) is 5.55. The van der Waals surface area contributed by atoms with Crippen LogP contribution in [0.2, 0.25) is 5.02 Å². The molecule has 0 radical (unpaired) electrons. The van der Waals surface area contributed by atoms with Crippen molar-refractivity contribution >= 4 is 39.8 Å². The number of anilines is 1. The van der Waals surface area contributed by atoms with Crippen LogP contribution < -0.4 is 15.4 Å². The van der Waals surface area contributed by atoms with Gasteiger partial charge in [-0.2, -0.15) is 0 Å². The molecule has 4 rings (SSSR count). The van der Waals surface area contributed by atoms with Crippen LogP contribution in [0.15, 0.2) is 12.1 Å². The molecule has 1 saturated heterocycles. The lowest BCUT2D eigenvalue weighted by Gasteiger charge is -2.13. The molecule has 31 heavy (non-hydrogen) atoms. The monoisotopic (exact) mass is 462 g/mol. The van der Waals surface area contributed by atoms with Crippen molar-refractivity contribution < 1.29 is 19.1 Å². The van der Waals surface area contributed by atoms with Crippen molar-refractivity contribution in [1.29, 1.82) is 0 Å². The Morgan fingerprint density at radius 2 is 2.00 bits per heavy atom. The van der Waals surface area contributed by atoms with E-state index in [-0.39, 0.29) is 24.5 Å². The number of ether oxygens (including phenoxy) is 2. The minimum Gasteiger partial charge on any atom is -0.484 e. The smallest absolute Gasteiger partial charge is 0.262 e. The molecule has 1 fully saturated rings. The molecule has 1 unspecified atom stereocenters. The highest BCUT2D eigenvalue weighted by Gasteiger charge is 2.28. The number of fused-ring (bicyclic) bond motifs is 1. The third-order valence-corrected chi connectivity index (χ3v) is 7.50. The summed E-state index contributed by atoms with van der Waals surface area (Å²) in [4.78, 5) is 26.7. The number of hydrogen-bond acceptors (Lipinski definition) is 5. The van der Waals surface area contributed by atoms with Crippen LogP contribution in [0.5, 0.6) is 5.75 Å². The van der Waals surface area contributed by atoms with Crippen molar-refractivity contribution in [2.75, 3.05) is 25.1 Å². The van der Waals surface area contributed by atoms with Gasteiger partial charge in [-0.25, -0.2) is 0 Å². The number of hydrogen-bond donors (Lipinski definition) is 2. The van der Waals surface area contributed by atoms with Gasteiger partial charge in [-0.1, -0.05) is 11.6 Å². The Morgan fingerprint density at radius 3 is 2.71 bits per heavy atom. The predicted molar refractivity (Wildman–Crippen MR) is 123 cm³/mol. The highest BCUT2D eigenvalue weighted by molar-refractivity contribution is 7.17. The SMILES string of the molecule is Cc1cc(OCC(=O)Nc2sc3c(c2C(=O)NCC2CCCO2)CCC3)cc(C)c1Cl. The molecule has 1 atom stereocenters. The number of benzene rings is 1. The number of rotatable bonds is 7.